The van der Waals surface area contributed by atoms with Gasteiger partial charge in [-0.1, -0.05) is 78.9 Å². The summed E-state index contributed by atoms with van der Waals surface area (Å²) in [4.78, 5) is 41.1. The van der Waals surface area contributed by atoms with E-state index in [1.165, 1.54) is 0 Å². The second-order valence-electron chi connectivity index (χ2n) is 10.9. The Morgan fingerprint density at radius 3 is 2.14 bits per heavy atom. The molecule has 1 aliphatic heterocycles. The van der Waals surface area contributed by atoms with Crippen LogP contribution in [-0.2, 0) is 20.9 Å². The van der Waals surface area contributed by atoms with Gasteiger partial charge in [0, 0.05) is 25.6 Å². The van der Waals surface area contributed by atoms with E-state index in [2.05, 4.69) is 27.7 Å². The first-order valence-corrected chi connectivity index (χ1v) is 15.7. The maximum atomic E-state index is 13.5. The number of fused-ring (bicyclic) bond motifs is 3. The number of amides is 2. The van der Waals surface area contributed by atoms with Crippen molar-refractivity contribution in [1.29, 1.82) is 0 Å². The highest BCUT2D eigenvalue weighted by molar-refractivity contribution is 7.98. The van der Waals surface area contributed by atoms with E-state index in [9.17, 15) is 19.5 Å². The number of thioether (sulfide) groups is 1. The van der Waals surface area contributed by atoms with E-state index < -0.39 is 29.6 Å². The third-order valence-electron chi connectivity index (χ3n) is 8.29. The minimum atomic E-state index is -1.38. The first kappa shape index (κ1) is 29.7. The number of nitrogens with one attached hydrogen (secondary N) is 2. The van der Waals surface area contributed by atoms with E-state index in [-0.39, 0.29) is 25.4 Å². The van der Waals surface area contributed by atoms with Gasteiger partial charge in [0.05, 0.1) is 0 Å². The number of carbonyl (C=O) groups is 3. The van der Waals surface area contributed by atoms with Crippen LogP contribution in [0.5, 0.6) is 0 Å². The van der Waals surface area contributed by atoms with Crippen LogP contribution in [-0.4, -0.2) is 71.3 Å². The molecule has 0 radical (unpaired) electrons. The number of piperidine rings is 1. The van der Waals surface area contributed by atoms with Gasteiger partial charge in [-0.2, -0.15) is 11.8 Å². The molecule has 220 valence electrons. The molecule has 3 N–H and O–H groups in total. The highest BCUT2D eigenvalue weighted by Gasteiger charge is 2.44. The van der Waals surface area contributed by atoms with Crippen LogP contribution in [0.1, 0.15) is 41.9 Å². The van der Waals surface area contributed by atoms with Crippen LogP contribution in [0.4, 0.5) is 4.79 Å². The van der Waals surface area contributed by atoms with Crippen LogP contribution >= 0.6 is 11.8 Å². The normalized spacial score (nSPS) is 16.6. The van der Waals surface area contributed by atoms with Crippen molar-refractivity contribution in [3.8, 4) is 11.1 Å². The van der Waals surface area contributed by atoms with Crippen molar-refractivity contribution in [3.05, 3.63) is 95.6 Å². The molecule has 1 aliphatic carbocycles. The molecule has 8 nitrogen and oxygen atoms in total. The molecular formula is C33H37N3O5S. The van der Waals surface area contributed by atoms with Gasteiger partial charge < -0.3 is 20.5 Å². The smallest absolute Gasteiger partial charge is 0.407 e. The Morgan fingerprint density at radius 1 is 0.952 bits per heavy atom. The zero-order chi connectivity index (χ0) is 29.5. The van der Waals surface area contributed by atoms with E-state index in [0.717, 1.165) is 34.4 Å². The summed E-state index contributed by atoms with van der Waals surface area (Å²) in [6.07, 6.45) is 2.14. The van der Waals surface area contributed by atoms with Crippen molar-refractivity contribution in [2.45, 2.75) is 43.3 Å². The average Bonchev–Trinajstić information content (AvgIpc) is 3.33. The van der Waals surface area contributed by atoms with Gasteiger partial charge in [-0.15, -0.1) is 0 Å². The summed E-state index contributed by atoms with van der Waals surface area (Å²) in [7, 11) is 0. The predicted molar refractivity (Wildman–Crippen MR) is 164 cm³/mol. The number of likely N-dealkylation sites (tertiary alicyclic amines) is 1. The first-order chi connectivity index (χ1) is 20.4. The fourth-order valence-corrected chi connectivity index (χ4v) is 6.41. The summed E-state index contributed by atoms with van der Waals surface area (Å²) in [6.45, 7) is 1.94. The van der Waals surface area contributed by atoms with Crippen LogP contribution in [0.2, 0.25) is 0 Å². The van der Waals surface area contributed by atoms with Gasteiger partial charge in [-0.25, -0.2) is 9.59 Å². The maximum Gasteiger partial charge on any atom is 0.407 e. The number of carboxylic acids is 1. The lowest BCUT2D eigenvalue weighted by molar-refractivity contribution is -0.150. The van der Waals surface area contributed by atoms with Gasteiger partial charge in [-0.05, 0) is 59.1 Å². The summed E-state index contributed by atoms with van der Waals surface area (Å²) in [5.74, 6) is -1.04. The molecule has 1 atom stereocenters. The Bertz CT molecular complexity index is 1360. The second-order valence-corrected chi connectivity index (χ2v) is 11.9. The molecule has 2 amide bonds. The van der Waals surface area contributed by atoms with E-state index in [1.54, 1.807) is 11.8 Å². The lowest BCUT2D eigenvalue weighted by atomic mass is 9.86. The summed E-state index contributed by atoms with van der Waals surface area (Å²) in [5.41, 5.74) is 4.25. The van der Waals surface area contributed by atoms with Crippen molar-refractivity contribution in [1.82, 2.24) is 15.5 Å². The Morgan fingerprint density at radius 2 is 1.55 bits per heavy atom. The fraction of sp³-hybridized carbons (Fsp3) is 0.364. The van der Waals surface area contributed by atoms with Crippen molar-refractivity contribution < 1.29 is 24.2 Å². The number of benzene rings is 3. The standard InChI is InChI=1S/C33H37N3O5S/c1-42-20-15-29(30(37)35-33(31(38)39)16-18-36(19-17-33)21-23-9-3-2-4-10-23)34-32(40)41-22-28-26-13-7-5-11-24(26)25-12-6-8-14-27(25)28/h2-14,28-29H,15-22H2,1H3,(H,34,40)(H,35,37)(H,38,39). The quantitative estimate of drug-likeness (QED) is 0.293. The van der Waals surface area contributed by atoms with Gasteiger partial charge in [0.2, 0.25) is 5.91 Å². The molecule has 0 aromatic heterocycles. The third kappa shape index (κ3) is 6.63. The number of carbonyl (C=O) groups excluding carboxylic acids is 2. The number of hydrogen-bond acceptors (Lipinski definition) is 6. The number of hydrogen-bond donors (Lipinski definition) is 3. The van der Waals surface area contributed by atoms with E-state index in [4.69, 9.17) is 4.74 Å². The van der Waals surface area contributed by atoms with Crippen molar-refractivity contribution in [2.24, 2.45) is 0 Å². The van der Waals surface area contributed by atoms with Crippen molar-refractivity contribution >= 4 is 29.7 Å². The number of aliphatic carboxylic acids is 1. The lowest BCUT2D eigenvalue weighted by Gasteiger charge is -2.40. The fourth-order valence-electron chi connectivity index (χ4n) is 5.94. The molecule has 3 aromatic rings. The van der Waals surface area contributed by atoms with Gasteiger partial charge in [0.15, 0.2) is 0 Å². The van der Waals surface area contributed by atoms with Crippen LogP contribution in [0.3, 0.4) is 0 Å². The topological polar surface area (TPSA) is 108 Å². The molecule has 1 unspecified atom stereocenters. The monoisotopic (exact) mass is 587 g/mol. The number of nitrogens with zero attached hydrogens (tertiary/aromatic N) is 1. The average molecular weight is 588 g/mol. The SMILES string of the molecule is CSCCC(NC(=O)OCC1c2ccccc2-c2ccccc21)C(=O)NC1(C(=O)O)CCN(Cc2ccccc2)CC1. The molecule has 42 heavy (non-hydrogen) atoms. The highest BCUT2D eigenvalue weighted by atomic mass is 32.2. The van der Waals surface area contributed by atoms with Crippen LogP contribution < -0.4 is 10.6 Å². The molecule has 1 heterocycles. The minimum Gasteiger partial charge on any atom is -0.480 e. The van der Waals surface area contributed by atoms with E-state index in [0.29, 0.717) is 25.3 Å². The highest BCUT2D eigenvalue weighted by Crippen LogP contribution is 2.44. The number of carboxylic acid groups (broad SMARTS) is 1. The third-order valence-corrected chi connectivity index (χ3v) is 8.94. The first-order valence-electron chi connectivity index (χ1n) is 14.3. The summed E-state index contributed by atoms with van der Waals surface area (Å²) in [6, 6.07) is 25.3. The van der Waals surface area contributed by atoms with Gasteiger partial charge in [0.25, 0.3) is 0 Å². The van der Waals surface area contributed by atoms with Gasteiger partial charge >= 0.3 is 12.1 Å². The van der Waals surface area contributed by atoms with Gasteiger partial charge in [0.1, 0.15) is 18.2 Å². The van der Waals surface area contributed by atoms with Crippen molar-refractivity contribution in [2.75, 3.05) is 31.7 Å². The Kier molecular flexibility index (Phi) is 9.49. The number of alkyl carbamates (subject to hydrolysis) is 1. The van der Waals surface area contributed by atoms with Crippen molar-refractivity contribution in [3.63, 3.8) is 0 Å². The Hall–Kier alpha value is -3.82. The van der Waals surface area contributed by atoms with E-state index in [1.807, 2.05) is 73.0 Å². The largest absolute Gasteiger partial charge is 0.480 e. The van der Waals surface area contributed by atoms with Crippen LogP contribution in [0, 0.1) is 0 Å². The molecular weight excluding hydrogens is 550 g/mol. The molecule has 0 bridgehead atoms. The molecule has 0 saturated carbocycles. The number of ether oxygens (including phenoxy) is 1. The van der Waals surface area contributed by atoms with E-state index >= 15 is 0 Å². The Balaban J connectivity index is 1.20. The molecule has 3 aromatic carbocycles. The minimum absolute atomic E-state index is 0.0991. The van der Waals surface area contributed by atoms with Gasteiger partial charge in [-0.3, -0.25) is 9.69 Å². The summed E-state index contributed by atoms with van der Waals surface area (Å²) in [5, 5.41) is 15.7. The number of rotatable bonds is 11. The van der Waals surface area contributed by atoms with Crippen LogP contribution in [0.15, 0.2) is 78.9 Å². The Labute approximate surface area is 250 Å². The summed E-state index contributed by atoms with van der Waals surface area (Å²) < 4.78 is 5.67. The molecule has 1 saturated heterocycles. The summed E-state index contributed by atoms with van der Waals surface area (Å²) >= 11 is 1.55. The molecule has 9 heteroatoms. The zero-order valence-electron chi connectivity index (χ0n) is 23.8. The zero-order valence-corrected chi connectivity index (χ0v) is 24.6. The lowest BCUT2D eigenvalue weighted by Crippen LogP contribution is -2.63. The molecule has 0 spiro atoms. The molecule has 1 fully saturated rings. The molecule has 2 aliphatic rings. The predicted octanol–water partition coefficient (Wildman–Crippen LogP) is 4.88. The molecule has 5 rings (SSSR count). The second kappa shape index (κ2) is 13.4. The maximum absolute atomic E-state index is 13.5. The van der Waals surface area contributed by atoms with Crippen LogP contribution in [0.25, 0.3) is 11.1 Å².